The number of nitrogens with one attached hydrogen (secondary N) is 2. The fourth-order valence-electron chi connectivity index (χ4n) is 3.90. The molecule has 2 aliphatic heterocycles. The predicted molar refractivity (Wildman–Crippen MR) is 108 cm³/mol. The number of nitrogens with zero attached hydrogens (tertiary/aromatic N) is 2. The van der Waals surface area contributed by atoms with Crippen LogP contribution in [0.2, 0.25) is 0 Å². The molecule has 10 heteroatoms. The highest BCUT2D eigenvalue weighted by molar-refractivity contribution is 5.88. The van der Waals surface area contributed by atoms with Crippen LogP contribution in [0.3, 0.4) is 0 Å². The summed E-state index contributed by atoms with van der Waals surface area (Å²) in [7, 11) is 0. The van der Waals surface area contributed by atoms with Crippen LogP contribution in [0.4, 0.5) is 0 Å². The second-order valence-electron chi connectivity index (χ2n) is 7.81. The number of nitrogens with two attached hydrogens (primary N) is 2. The zero-order chi connectivity index (χ0) is 21.4. The number of carbonyl (C=O) groups is 3. The van der Waals surface area contributed by atoms with Crippen molar-refractivity contribution in [1.82, 2.24) is 15.1 Å². The third kappa shape index (κ3) is 6.88. The van der Waals surface area contributed by atoms with Gasteiger partial charge in [-0.3, -0.25) is 19.8 Å². The third-order valence-corrected chi connectivity index (χ3v) is 5.60. The first-order chi connectivity index (χ1) is 13.8. The summed E-state index contributed by atoms with van der Waals surface area (Å²) in [5.41, 5.74) is 11.5. The van der Waals surface area contributed by atoms with Gasteiger partial charge >= 0.3 is 5.97 Å². The molecule has 0 aromatic rings. The van der Waals surface area contributed by atoms with Crippen LogP contribution in [-0.4, -0.2) is 78.9 Å². The molecule has 2 heterocycles. The van der Waals surface area contributed by atoms with Gasteiger partial charge in [-0.05, 0) is 38.5 Å². The molecule has 29 heavy (non-hydrogen) atoms. The topological polar surface area (TPSA) is 155 Å². The summed E-state index contributed by atoms with van der Waals surface area (Å²) < 4.78 is 5.03. The van der Waals surface area contributed by atoms with E-state index in [-0.39, 0.29) is 42.0 Å². The molecular weight excluding hydrogens is 376 g/mol. The number of amides is 2. The number of rotatable bonds is 7. The number of esters is 1. The molecule has 0 saturated carbocycles. The SMILES string of the molecule is CCOC(=O)C1CCN(C(=O)[C@@H](N)CC(=O)NC[C@H]2CCCN(C(=N)N)C2)CC1. The molecule has 2 atom stereocenters. The van der Waals surface area contributed by atoms with Gasteiger partial charge in [0.15, 0.2) is 5.96 Å². The molecule has 0 spiro atoms. The van der Waals surface area contributed by atoms with Crippen molar-refractivity contribution in [3.8, 4) is 0 Å². The smallest absolute Gasteiger partial charge is 0.309 e. The molecule has 6 N–H and O–H groups in total. The molecule has 2 fully saturated rings. The van der Waals surface area contributed by atoms with Crippen molar-refractivity contribution < 1.29 is 19.1 Å². The molecule has 0 aromatic carbocycles. The van der Waals surface area contributed by atoms with Crippen molar-refractivity contribution >= 4 is 23.7 Å². The van der Waals surface area contributed by atoms with Crippen molar-refractivity contribution in [3.63, 3.8) is 0 Å². The van der Waals surface area contributed by atoms with E-state index in [0.717, 1.165) is 19.4 Å². The van der Waals surface area contributed by atoms with Crippen molar-refractivity contribution in [2.24, 2.45) is 23.3 Å². The highest BCUT2D eigenvalue weighted by Crippen LogP contribution is 2.19. The van der Waals surface area contributed by atoms with Crippen LogP contribution >= 0.6 is 0 Å². The molecule has 10 nitrogen and oxygen atoms in total. The zero-order valence-electron chi connectivity index (χ0n) is 17.2. The highest BCUT2D eigenvalue weighted by Gasteiger charge is 2.31. The van der Waals surface area contributed by atoms with Crippen LogP contribution in [0.15, 0.2) is 0 Å². The van der Waals surface area contributed by atoms with Crippen molar-refractivity contribution in [2.75, 3.05) is 39.3 Å². The van der Waals surface area contributed by atoms with Gasteiger partial charge in [0.25, 0.3) is 0 Å². The van der Waals surface area contributed by atoms with Crippen LogP contribution in [0, 0.1) is 17.2 Å². The molecule has 0 aromatic heterocycles. The average molecular weight is 411 g/mol. The molecule has 2 aliphatic rings. The number of guanidine groups is 1. The number of carbonyl (C=O) groups excluding carboxylic acids is 3. The van der Waals surface area contributed by atoms with E-state index in [2.05, 4.69) is 5.32 Å². The Bertz CT molecular complexity index is 606. The Balaban J connectivity index is 1.70. The molecule has 2 amide bonds. The van der Waals surface area contributed by atoms with Gasteiger partial charge in [0, 0.05) is 32.7 Å². The summed E-state index contributed by atoms with van der Waals surface area (Å²) in [5, 5.41) is 10.4. The van der Waals surface area contributed by atoms with Gasteiger partial charge in [-0.25, -0.2) is 0 Å². The standard InChI is InChI=1S/C19H34N6O4/c1-2-29-18(28)14-5-8-24(9-6-14)17(27)15(20)10-16(26)23-11-13-4-3-7-25(12-13)19(21)22/h13-15H,2-12,20H2,1H3,(H3,21,22)(H,23,26)/t13-,15+/m1/s1. The molecule has 164 valence electrons. The van der Waals surface area contributed by atoms with Crippen molar-refractivity contribution in [1.29, 1.82) is 5.41 Å². The quantitative estimate of drug-likeness (QED) is 0.244. The summed E-state index contributed by atoms with van der Waals surface area (Å²) in [4.78, 5) is 39.9. The lowest BCUT2D eigenvalue weighted by molar-refractivity contribution is -0.151. The van der Waals surface area contributed by atoms with Gasteiger partial charge in [-0.1, -0.05) is 0 Å². The first-order valence-electron chi connectivity index (χ1n) is 10.4. The second kappa shape index (κ2) is 11.0. The van der Waals surface area contributed by atoms with Gasteiger partial charge < -0.3 is 31.3 Å². The van der Waals surface area contributed by atoms with Crippen LogP contribution in [0.1, 0.15) is 39.0 Å². The van der Waals surface area contributed by atoms with Gasteiger partial charge in [0.05, 0.1) is 25.0 Å². The number of ether oxygens (including phenoxy) is 1. The number of hydrogen-bond acceptors (Lipinski definition) is 6. The first-order valence-corrected chi connectivity index (χ1v) is 10.4. The Hall–Kier alpha value is -2.36. The first kappa shape index (κ1) is 22.9. The van der Waals surface area contributed by atoms with E-state index >= 15 is 0 Å². The van der Waals surface area contributed by atoms with E-state index in [1.165, 1.54) is 0 Å². The summed E-state index contributed by atoms with van der Waals surface area (Å²) in [6, 6.07) is -0.894. The van der Waals surface area contributed by atoms with Gasteiger partial charge in [0.2, 0.25) is 11.8 Å². The minimum atomic E-state index is -0.894. The monoisotopic (exact) mass is 410 g/mol. The van der Waals surface area contributed by atoms with E-state index in [0.29, 0.717) is 45.6 Å². The Morgan fingerprint density at radius 1 is 1.17 bits per heavy atom. The molecule has 0 radical (unpaired) electrons. The van der Waals surface area contributed by atoms with Gasteiger partial charge in [-0.2, -0.15) is 0 Å². The largest absolute Gasteiger partial charge is 0.466 e. The maximum absolute atomic E-state index is 12.5. The second-order valence-corrected chi connectivity index (χ2v) is 7.81. The minimum Gasteiger partial charge on any atom is -0.466 e. The third-order valence-electron chi connectivity index (χ3n) is 5.60. The van der Waals surface area contributed by atoms with E-state index in [1.807, 2.05) is 0 Å². The van der Waals surface area contributed by atoms with Crippen LogP contribution < -0.4 is 16.8 Å². The number of hydrogen-bond donors (Lipinski definition) is 4. The summed E-state index contributed by atoms with van der Waals surface area (Å²) in [5.74, 6) is -0.626. The molecular formula is C19H34N6O4. The number of likely N-dealkylation sites (tertiary alicyclic amines) is 2. The lowest BCUT2D eigenvalue weighted by atomic mass is 9.96. The maximum Gasteiger partial charge on any atom is 0.309 e. The van der Waals surface area contributed by atoms with E-state index < -0.39 is 6.04 Å². The van der Waals surface area contributed by atoms with Gasteiger partial charge in [0.1, 0.15) is 0 Å². The maximum atomic E-state index is 12.5. The van der Waals surface area contributed by atoms with E-state index in [9.17, 15) is 14.4 Å². The normalized spacial score (nSPS) is 21.4. The summed E-state index contributed by atoms with van der Waals surface area (Å²) >= 11 is 0. The number of piperidine rings is 2. The van der Waals surface area contributed by atoms with E-state index in [1.54, 1.807) is 16.7 Å². The molecule has 0 unspecified atom stereocenters. The van der Waals surface area contributed by atoms with Crippen LogP contribution in [-0.2, 0) is 19.1 Å². The Labute approximate surface area is 171 Å². The zero-order valence-corrected chi connectivity index (χ0v) is 17.2. The Morgan fingerprint density at radius 3 is 2.48 bits per heavy atom. The lowest BCUT2D eigenvalue weighted by Gasteiger charge is -2.33. The van der Waals surface area contributed by atoms with Crippen molar-refractivity contribution in [3.05, 3.63) is 0 Å². The Kier molecular flexibility index (Phi) is 8.69. The molecule has 0 aliphatic carbocycles. The fourth-order valence-corrected chi connectivity index (χ4v) is 3.90. The molecule has 2 rings (SSSR count). The Morgan fingerprint density at radius 2 is 1.86 bits per heavy atom. The fraction of sp³-hybridized carbons (Fsp3) is 0.789. The summed E-state index contributed by atoms with van der Waals surface area (Å²) in [6.07, 6.45) is 2.93. The van der Waals surface area contributed by atoms with Crippen LogP contribution in [0.25, 0.3) is 0 Å². The highest BCUT2D eigenvalue weighted by atomic mass is 16.5. The molecule has 2 saturated heterocycles. The predicted octanol–water partition coefficient (Wildman–Crippen LogP) is -0.773. The average Bonchev–Trinajstić information content (AvgIpc) is 2.72. The lowest BCUT2D eigenvalue weighted by Crippen LogP contribution is -2.50. The minimum absolute atomic E-state index is 0.0559. The molecule has 0 bridgehead atoms. The van der Waals surface area contributed by atoms with Crippen molar-refractivity contribution in [2.45, 2.75) is 45.1 Å². The summed E-state index contributed by atoms with van der Waals surface area (Å²) in [6.45, 7) is 4.91. The van der Waals surface area contributed by atoms with Crippen LogP contribution in [0.5, 0.6) is 0 Å². The van der Waals surface area contributed by atoms with E-state index in [4.69, 9.17) is 21.6 Å². The van der Waals surface area contributed by atoms with Gasteiger partial charge in [-0.15, -0.1) is 0 Å².